The number of pyridine rings is 1. The van der Waals surface area contributed by atoms with Crippen molar-refractivity contribution in [2.75, 3.05) is 27.2 Å². The summed E-state index contributed by atoms with van der Waals surface area (Å²) in [4.78, 5) is 4.43. The van der Waals surface area contributed by atoms with E-state index in [1.807, 2.05) is 25.2 Å². The van der Waals surface area contributed by atoms with E-state index in [9.17, 15) is 8.42 Å². The van der Waals surface area contributed by atoms with Crippen LogP contribution < -0.4 is 0 Å². The number of aromatic nitrogens is 3. The van der Waals surface area contributed by atoms with Crippen molar-refractivity contribution < 1.29 is 8.42 Å². The van der Waals surface area contributed by atoms with Crippen molar-refractivity contribution in [2.24, 2.45) is 7.05 Å². The molecule has 130 valence electrons. The summed E-state index contributed by atoms with van der Waals surface area (Å²) in [6.07, 6.45) is 5.38. The molecule has 0 radical (unpaired) electrons. The molecule has 1 fully saturated rings. The quantitative estimate of drug-likeness (QED) is 0.838. The molecule has 0 amide bonds. The zero-order valence-corrected chi connectivity index (χ0v) is 15.1. The average molecular weight is 349 g/mol. The van der Waals surface area contributed by atoms with Crippen LogP contribution in [0.25, 0.3) is 11.4 Å². The molecule has 1 saturated heterocycles. The van der Waals surface area contributed by atoms with Gasteiger partial charge in [0.15, 0.2) is 0 Å². The second-order valence-electron chi connectivity index (χ2n) is 6.30. The molecule has 3 heterocycles. The van der Waals surface area contributed by atoms with Crippen molar-refractivity contribution in [3.8, 4) is 11.4 Å². The lowest BCUT2D eigenvalue weighted by atomic mass is 9.91. The van der Waals surface area contributed by atoms with Gasteiger partial charge in [-0.25, -0.2) is 0 Å². The van der Waals surface area contributed by atoms with Crippen molar-refractivity contribution in [2.45, 2.75) is 18.8 Å². The second-order valence-corrected chi connectivity index (χ2v) is 8.44. The van der Waals surface area contributed by atoms with E-state index in [4.69, 9.17) is 0 Å². The monoisotopic (exact) mass is 349 g/mol. The highest BCUT2D eigenvalue weighted by Crippen LogP contribution is 2.30. The highest BCUT2D eigenvalue weighted by molar-refractivity contribution is 7.86. The Morgan fingerprint density at radius 3 is 2.71 bits per heavy atom. The van der Waals surface area contributed by atoms with Crippen molar-refractivity contribution in [3.63, 3.8) is 0 Å². The lowest BCUT2D eigenvalue weighted by molar-refractivity contribution is 0.298. The van der Waals surface area contributed by atoms with Gasteiger partial charge in [0.25, 0.3) is 10.2 Å². The van der Waals surface area contributed by atoms with Crippen molar-refractivity contribution in [3.05, 3.63) is 36.2 Å². The van der Waals surface area contributed by atoms with E-state index in [0.29, 0.717) is 13.1 Å². The molecule has 0 aliphatic carbocycles. The van der Waals surface area contributed by atoms with Gasteiger partial charge in [0.05, 0.1) is 11.4 Å². The van der Waals surface area contributed by atoms with Crippen LogP contribution in [0.1, 0.15) is 24.3 Å². The molecule has 0 N–H and O–H groups in total. The summed E-state index contributed by atoms with van der Waals surface area (Å²) in [5, 5.41) is 4.18. The van der Waals surface area contributed by atoms with Crippen LogP contribution >= 0.6 is 0 Å². The highest BCUT2D eigenvalue weighted by atomic mass is 32.2. The molecule has 24 heavy (non-hydrogen) atoms. The second kappa shape index (κ2) is 6.62. The lowest BCUT2D eigenvalue weighted by Crippen LogP contribution is -2.44. The summed E-state index contributed by atoms with van der Waals surface area (Å²) in [5.74, 6) is 0.184. The minimum absolute atomic E-state index is 0.184. The minimum atomic E-state index is -3.36. The van der Waals surface area contributed by atoms with E-state index in [1.165, 1.54) is 4.31 Å². The van der Waals surface area contributed by atoms with E-state index >= 15 is 0 Å². The van der Waals surface area contributed by atoms with Crippen LogP contribution in [-0.4, -0.2) is 59.0 Å². The predicted octanol–water partition coefficient (Wildman–Crippen LogP) is 1.47. The zero-order valence-electron chi connectivity index (χ0n) is 14.3. The topological polar surface area (TPSA) is 71.3 Å². The Morgan fingerprint density at radius 2 is 2.04 bits per heavy atom. The Labute approximate surface area is 143 Å². The Balaban J connectivity index is 1.86. The molecule has 1 aliphatic rings. The fourth-order valence-corrected chi connectivity index (χ4v) is 4.31. The third-order valence-electron chi connectivity index (χ3n) is 4.51. The molecular formula is C16H23N5O2S. The molecule has 8 heteroatoms. The maximum absolute atomic E-state index is 12.4. The summed E-state index contributed by atoms with van der Waals surface area (Å²) in [7, 11) is 1.67. The summed E-state index contributed by atoms with van der Waals surface area (Å²) in [6, 6.07) is 5.96. The lowest BCUT2D eigenvalue weighted by Gasteiger charge is -2.33. The van der Waals surface area contributed by atoms with Crippen LogP contribution in [0.15, 0.2) is 30.6 Å². The average Bonchev–Trinajstić information content (AvgIpc) is 3.01. The number of nitrogens with zero attached hydrogens (tertiary/aromatic N) is 5. The van der Waals surface area contributed by atoms with Crippen LogP contribution in [0.3, 0.4) is 0 Å². The number of aryl methyl sites for hydroxylation is 1. The summed E-state index contributed by atoms with van der Waals surface area (Å²) < 4.78 is 29.4. The molecule has 1 unspecified atom stereocenters. The fraction of sp³-hybridized carbons (Fsp3) is 0.500. The molecule has 1 aliphatic heterocycles. The van der Waals surface area contributed by atoms with Crippen molar-refractivity contribution in [1.82, 2.24) is 23.4 Å². The van der Waals surface area contributed by atoms with Gasteiger partial charge >= 0.3 is 0 Å². The molecule has 0 saturated carbocycles. The van der Waals surface area contributed by atoms with Crippen molar-refractivity contribution >= 4 is 10.2 Å². The first-order valence-electron chi connectivity index (χ1n) is 8.01. The molecular weight excluding hydrogens is 326 g/mol. The Morgan fingerprint density at radius 1 is 1.25 bits per heavy atom. The third-order valence-corrected chi connectivity index (χ3v) is 6.42. The maximum atomic E-state index is 12.4. The molecule has 0 spiro atoms. The molecule has 2 aromatic rings. The smallest absolute Gasteiger partial charge is 0.266 e. The summed E-state index contributed by atoms with van der Waals surface area (Å²) >= 11 is 0. The zero-order chi connectivity index (χ0) is 17.3. The van der Waals surface area contributed by atoms with Gasteiger partial charge in [-0.05, 0) is 42.5 Å². The molecule has 0 bridgehead atoms. The van der Waals surface area contributed by atoms with E-state index < -0.39 is 10.2 Å². The van der Waals surface area contributed by atoms with Crippen LogP contribution in [0, 0.1) is 0 Å². The largest absolute Gasteiger partial charge is 0.281 e. The number of hydrogen-bond acceptors (Lipinski definition) is 4. The van der Waals surface area contributed by atoms with Gasteiger partial charge in [-0.2, -0.15) is 22.1 Å². The maximum Gasteiger partial charge on any atom is 0.281 e. The van der Waals surface area contributed by atoms with Gasteiger partial charge in [0.2, 0.25) is 0 Å². The first-order valence-corrected chi connectivity index (χ1v) is 9.41. The van der Waals surface area contributed by atoms with Crippen LogP contribution in [-0.2, 0) is 17.3 Å². The minimum Gasteiger partial charge on any atom is -0.266 e. The first kappa shape index (κ1) is 17.1. The van der Waals surface area contributed by atoms with Gasteiger partial charge in [0, 0.05) is 46.6 Å². The van der Waals surface area contributed by atoms with Gasteiger partial charge in [0.1, 0.15) is 0 Å². The van der Waals surface area contributed by atoms with E-state index in [1.54, 1.807) is 35.5 Å². The molecule has 7 nitrogen and oxygen atoms in total. The summed E-state index contributed by atoms with van der Waals surface area (Å²) in [5.41, 5.74) is 2.94. The Bertz CT molecular complexity index is 815. The first-order chi connectivity index (χ1) is 11.4. The van der Waals surface area contributed by atoms with Crippen LogP contribution in [0.5, 0.6) is 0 Å². The Hall–Kier alpha value is -1.77. The van der Waals surface area contributed by atoms with Gasteiger partial charge in [-0.15, -0.1) is 0 Å². The summed E-state index contributed by atoms with van der Waals surface area (Å²) in [6.45, 7) is 1.09. The van der Waals surface area contributed by atoms with E-state index in [-0.39, 0.29) is 5.92 Å². The highest BCUT2D eigenvalue weighted by Gasteiger charge is 2.31. The number of rotatable bonds is 4. The van der Waals surface area contributed by atoms with Crippen LogP contribution in [0.2, 0.25) is 0 Å². The van der Waals surface area contributed by atoms with Crippen molar-refractivity contribution in [1.29, 1.82) is 0 Å². The fourth-order valence-electron chi connectivity index (χ4n) is 3.12. The number of hydrogen-bond donors (Lipinski definition) is 0. The third kappa shape index (κ3) is 3.22. The SMILES string of the molecule is CN(C)S(=O)(=O)N1CCCC(c2ccnc(-c3ccnn3C)c2)C1. The van der Waals surface area contributed by atoms with Gasteiger partial charge < -0.3 is 0 Å². The molecule has 2 aromatic heterocycles. The van der Waals surface area contributed by atoms with E-state index in [2.05, 4.69) is 10.1 Å². The van der Waals surface area contributed by atoms with E-state index in [0.717, 1.165) is 29.8 Å². The molecule has 0 aromatic carbocycles. The van der Waals surface area contributed by atoms with Gasteiger partial charge in [-0.3, -0.25) is 9.67 Å². The Kier molecular flexibility index (Phi) is 4.71. The molecule has 1 atom stereocenters. The predicted molar refractivity (Wildman–Crippen MR) is 92.6 cm³/mol. The normalized spacial score (nSPS) is 19.8. The number of piperidine rings is 1. The standard InChI is InChI=1S/C16H23N5O2S/c1-19(2)24(22,23)21-10-4-5-14(12-21)13-6-8-17-15(11-13)16-7-9-18-20(16)3/h6-9,11,14H,4-5,10,12H2,1-3H3. The van der Waals surface area contributed by atoms with Gasteiger partial charge in [-0.1, -0.05) is 0 Å². The van der Waals surface area contributed by atoms with Crippen LogP contribution in [0.4, 0.5) is 0 Å². The molecule has 3 rings (SSSR count).